The fourth-order valence-electron chi connectivity index (χ4n) is 1.35. The summed E-state index contributed by atoms with van der Waals surface area (Å²) in [4.78, 5) is 19.3. The molecule has 0 radical (unpaired) electrons. The maximum absolute atomic E-state index is 11.6. The second kappa shape index (κ2) is 5.20. The summed E-state index contributed by atoms with van der Waals surface area (Å²) >= 11 is 0. The Hall–Kier alpha value is -2.24. The maximum atomic E-state index is 11.6. The molecule has 0 unspecified atom stereocenters. The maximum Gasteiger partial charge on any atom is 0.225 e. The number of hydrogen-bond donors (Lipinski definition) is 1. The smallest absolute Gasteiger partial charge is 0.225 e. The monoisotopic (exact) mass is 232 g/mol. The Morgan fingerprint density at radius 3 is 2.82 bits per heavy atom. The lowest BCUT2D eigenvalue weighted by Crippen LogP contribution is -2.12. The van der Waals surface area contributed by atoms with Crippen molar-refractivity contribution in [1.29, 1.82) is 0 Å². The van der Waals surface area contributed by atoms with Crippen molar-refractivity contribution in [2.45, 2.75) is 19.8 Å². The summed E-state index contributed by atoms with van der Waals surface area (Å²) in [5.41, 5.74) is 0.930. The SMILES string of the molecule is Cc1cc(NC(=O)CCc2cncnc2)no1. The zero-order valence-electron chi connectivity index (χ0n) is 9.38. The summed E-state index contributed by atoms with van der Waals surface area (Å²) in [5, 5.41) is 6.33. The van der Waals surface area contributed by atoms with Crippen molar-refractivity contribution >= 4 is 11.7 Å². The van der Waals surface area contributed by atoms with Crippen molar-refractivity contribution in [3.63, 3.8) is 0 Å². The third-order valence-corrected chi connectivity index (χ3v) is 2.15. The quantitative estimate of drug-likeness (QED) is 0.860. The fraction of sp³-hybridized carbons (Fsp3) is 0.273. The van der Waals surface area contributed by atoms with E-state index in [1.807, 2.05) is 0 Å². The molecule has 2 heterocycles. The van der Waals surface area contributed by atoms with Crippen LogP contribution in [-0.4, -0.2) is 21.0 Å². The van der Waals surface area contributed by atoms with Crippen molar-refractivity contribution in [2.75, 3.05) is 5.32 Å². The minimum absolute atomic E-state index is 0.109. The van der Waals surface area contributed by atoms with Gasteiger partial charge in [-0.05, 0) is 18.9 Å². The highest BCUT2D eigenvalue weighted by molar-refractivity contribution is 5.89. The van der Waals surface area contributed by atoms with Crippen LogP contribution in [0, 0.1) is 6.92 Å². The van der Waals surface area contributed by atoms with Crippen LogP contribution in [0.15, 0.2) is 29.3 Å². The summed E-state index contributed by atoms with van der Waals surface area (Å²) in [6, 6.07) is 1.67. The summed E-state index contributed by atoms with van der Waals surface area (Å²) in [6.07, 6.45) is 5.81. The lowest BCUT2D eigenvalue weighted by Gasteiger charge is -2.00. The van der Waals surface area contributed by atoms with E-state index in [4.69, 9.17) is 4.52 Å². The molecule has 0 saturated carbocycles. The van der Waals surface area contributed by atoms with Gasteiger partial charge >= 0.3 is 0 Å². The molecule has 6 nitrogen and oxygen atoms in total. The Morgan fingerprint density at radius 2 is 2.18 bits per heavy atom. The third-order valence-electron chi connectivity index (χ3n) is 2.15. The molecule has 6 heteroatoms. The Balaban J connectivity index is 1.82. The van der Waals surface area contributed by atoms with Gasteiger partial charge in [0.1, 0.15) is 12.1 Å². The van der Waals surface area contributed by atoms with Crippen molar-refractivity contribution < 1.29 is 9.32 Å². The standard InChI is InChI=1S/C11H12N4O2/c1-8-4-10(15-17-8)14-11(16)3-2-9-5-12-7-13-6-9/h4-7H,2-3H2,1H3,(H,14,15,16). The zero-order chi connectivity index (χ0) is 12.1. The molecule has 0 aliphatic rings. The third kappa shape index (κ3) is 3.37. The lowest BCUT2D eigenvalue weighted by atomic mass is 10.2. The number of hydrogen-bond acceptors (Lipinski definition) is 5. The number of aryl methyl sites for hydroxylation is 2. The van der Waals surface area contributed by atoms with Gasteiger partial charge < -0.3 is 9.84 Å². The van der Waals surface area contributed by atoms with Gasteiger partial charge in [0.25, 0.3) is 0 Å². The average Bonchev–Trinajstić information content (AvgIpc) is 2.73. The van der Waals surface area contributed by atoms with Gasteiger partial charge in [-0.25, -0.2) is 9.97 Å². The molecule has 2 aromatic rings. The Morgan fingerprint density at radius 1 is 1.41 bits per heavy atom. The highest BCUT2D eigenvalue weighted by atomic mass is 16.5. The van der Waals surface area contributed by atoms with Crippen molar-refractivity contribution in [2.24, 2.45) is 0 Å². The van der Waals surface area contributed by atoms with Gasteiger partial charge in [-0.1, -0.05) is 5.16 Å². The molecule has 17 heavy (non-hydrogen) atoms. The number of nitrogens with one attached hydrogen (secondary N) is 1. The topological polar surface area (TPSA) is 80.9 Å². The van der Waals surface area contributed by atoms with E-state index < -0.39 is 0 Å². The predicted molar refractivity (Wildman–Crippen MR) is 60.2 cm³/mol. The van der Waals surface area contributed by atoms with Crippen molar-refractivity contribution in [1.82, 2.24) is 15.1 Å². The summed E-state index contributed by atoms with van der Waals surface area (Å²) < 4.78 is 4.84. The molecule has 2 aromatic heterocycles. The highest BCUT2D eigenvalue weighted by Gasteiger charge is 2.06. The normalized spacial score (nSPS) is 10.2. The van der Waals surface area contributed by atoms with Crippen LogP contribution in [0.25, 0.3) is 0 Å². The number of amides is 1. The van der Waals surface area contributed by atoms with Crippen LogP contribution in [0.1, 0.15) is 17.7 Å². The first-order valence-corrected chi connectivity index (χ1v) is 5.21. The van der Waals surface area contributed by atoms with Crippen LogP contribution in [0.4, 0.5) is 5.82 Å². The number of anilines is 1. The Bertz CT molecular complexity index is 495. The molecule has 88 valence electrons. The summed E-state index contributed by atoms with van der Waals surface area (Å²) in [6.45, 7) is 1.77. The molecular weight excluding hydrogens is 220 g/mol. The number of aromatic nitrogens is 3. The first-order valence-electron chi connectivity index (χ1n) is 5.21. The highest BCUT2D eigenvalue weighted by Crippen LogP contribution is 2.08. The molecule has 1 amide bonds. The lowest BCUT2D eigenvalue weighted by molar-refractivity contribution is -0.116. The Kier molecular flexibility index (Phi) is 3.44. The molecule has 0 fully saturated rings. The Labute approximate surface area is 98.1 Å². The van der Waals surface area contributed by atoms with E-state index in [1.54, 1.807) is 25.4 Å². The number of rotatable bonds is 4. The molecule has 0 atom stereocenters. The molecule has 0 spiro atoms. The molecular formula is C11H12N4O2. The molecule has 0 aliphatic heterocycles. The van der Waals surface area contributed by atoms with E-state index in [9.17, 15) is 4.79 Å². The van der Waals surface area contributed by atoms with Crippen LogP contribution in [0.3, 0.4) is 0 Å². The van der Waals surface area contributed by atoms with Gasteiger partial charge in [-0.3, -0.25) is 4.79 Å². The summed E-state index contributed by atoms with van der Waals surface area (Å²) in [7, 11) is 0. The number of nitrogens with zero attached hydrogens (tertiary/aromatic N) is 3. The minimum Gasteiger partial charge on any atom is -0.360 e. The molecule has 0 saturated heterocycles. The fourth-order valence-corrected chi connectivity index (χ4v) is 1.35. The van der Waals surface area contributed by atoms with E-state index in [0.717, 1.165) is 5.56 Å². The second-order valence-corrected chi connectivity index (χ2v) is 3.62. The van der Waals surface area contributed by atoms with E-state index in [2.05, 4.69) is 20.4 Å². The van der Waals surface area contributed by atoms with Crippen LogP contribution in [0.2, 0.25) is 0 Å². The van der Waals surface area contributed by atoms with Crippen LogP contribution in [0.5, 0.6) is 0 Å². The van der Waals surface area contributed by atoms with Crippen molar-refractivity contribution in [3.8, 4) is 0 Å². The number of carbonyl (C=O) groups excluding carboxylic acids is 1. The van der Waals surface area contributed by atoms with Crippen molar-refractivity contribution in [3.05, 3.63) is 36.1 Å². The van der Waals surface area contributed by atoms with Crippen LogP contribution < -0.4 is 5.32 Å². The van der Waals surface area contributed by atoms with Gasteiger partial charge in [0.15, 0.2) is 5.82 Å². The van der Waals surface area contributed by atoms with Gasteiger partial charge in [-0.2, -0.15) is 0 Å². The first-order chi connectivity index (χ1) is 8.24. The molecule has 0 bridgehead atoms. The van der Waals surface area contributed by atoms with Gasteiger partial charge in [-0.15, -0.1) is 0 Å². The van der Waals surface area contributed by atoms with Crippen LogP contribution >= 0.6 is 0 Å². The predicted octanol–water partition coefficient (Wildman–Crippen LogP) is 1.34. The molecule has 0 aliphatic carbocycles. The zero-order valence-corrected chi connectivity index (χ0v) is 9.38. The second-order valence-electron chi connectivity index (χ2n) is 3.62. The van der Waals surface area contributed by atoms with Gasteiger partial charge in [0.2, 0.25) is 5.91 Å². The molecule has 1 N–H and O–H groups in total. The largest absolute Gasteiger partial charge is 0.360 e. The molecule has 0 aromatic carbocycles. The van der Waals surface area contributed by atoms with E-state index in [-0.39, 0.29) is 5.91 Å². The minimum atomic E-state index is -0.109. The van der Waals surface area contributed by atoms with Gasteiger partial charge in [0.05, 0.1) is 0 Å². The van der Waals surface area contributed by atoms with E-state index >= 15 is 0 Å². The average molecular weight is 232 g/mol. The van der Waals surface area contributed by atoms with Crippen LogP contribution in [-0.2, 0) is 11.2 Å². The number of carbonyl (C=O) groups is 1. The van der Waals surface area contributed by atoms with E-state index in [0.29, 0.717) is 24.4 Å². The van der Waals surface area contributed by atoms with E-state index in [1.165, 1.54) is 6.33 Å². The van der Waals surface area contributed by atoms with Gasteiger partial charge in [0, 0.05) is 24.9 Å². The molecule has 2 rings (SSSR count). The summed E-state index contributed by atoms with van der Waals surface area (Å²) in [5.74, 6) is 0.996. The first kappa shape index (κ1) is 11.3.